The molecule has 0 aliphatic heterocycles. The summed E-state index contributed by atoms with van der Waals surface area (Å²) in [5.41, 5.74) is 0.394. The molecule has 1 heterocycles. The van der Waals surface area contributed by atoms with Gasteiger partial charge >= 0.3 is 5.69 Å². The van der Waals surface area contributed by atoms with Crippen LogP contribution in [0.15, 0.2) is 18.2 Å². The first-order valence-electron chi connectivity index (χ1n) is 7.80. The normalized spacial score (nSPS) is 11.7. The fourth-order valence-corrected chi connectivity index (χ4v) is 3.24. The Bertz CT molecular complexity index is 894. The van der Waals surface area contributed by atoms with Gasteiger partial charge in [-0.05, 0) is 24.6 Å². The molecule has 0 aliphatic rings. The van der Waals surface area contributed by atoms with Gasteiger partial charge in [-0.15, -0.1) is 11.3 Å². The van der Waals surface area contributed by atoms with E-state index in [4.69, 9.17) is 4.74 Å². The summed E-state index contributed by atoms with van der Waals surface area (Å²) >= 11 is 1.34. The van der Waals surface area contributed by atoms with Crippen molar-refractivity contribution >= 4 is 28.9 Å². The molecule has 1 aromatic heterocycles. The van der Waals surface area contributed by atoms with Crippen molar-refractivity contribution in [2.45, 2.75) is 33.1 Å². The number of nitro benzene ring substituents is 1. The Kier molecular flexibility index (Phi) is 5.46. The first-order chi connectivity index (χ1) is 12.0. The molecule has 0 saturated heterocycles. The molecular weight excluding hydrogens is 356 g/mol. The lowest BCUT2D eigenvalue weighted by Crippen LogP contribution is -2.10. The molecule has 2 rings (SSSR count). The van der Waals surface area contributed by atoms with E-state index in [9.17, 15) is 20.0 Å². The molecule has 0 aliphatic carbocycles. The zero-order valence-electron chi connectivity index (χ0n) is 15.2. The standard InChI is InChI=1S/C18H20N2O5S/c1-10-16(26-17(19-10)18(2,3)4)13(21)7-6-11-8-12(20(23)24)15(22)14(9-11)25-5/h6-9,22H,1-5H3/b7-6+. The van der Waals surface area contributed by atoms with Gasteiger partial charge in [-0.1, -0.05) is 26.8 Å². The molecule has 1 aromatic carbocycles. The van der Waals surface area contributed by atoms with Gasteiger partial charge in [0, 0.05) is 11.5 Å². The van der Waals surface area contributed by atoms with Crippen molar-refractivity contribution < 1.29 is 19.6 Å². The Morgan fingerprint density at radius 1 is 1.38 bits per heavy atom. The Morgan fingerprint density at radius 3 is 2.54 bits per heavy atom. The van der Waals surface area contributed by atoms with Crippen molar-refractivity contribution in [3.63, 3.8) is 0 Å². The number of allylic oxidation sites excluding steroid dienone is 1. The number of ketones is 1. The van der Waals surface area contributed by atoms with E-state index in [-0.39, 0.29) is 16.9 Å². The van der Waals surface area contributed by atoms with E-state index >= 15 is 0 Å². The van der Waals surface area contributed by atoms with E-state index in [0.29, 0.717) is 16.1 Å². The smallest absolute Gasteiger partial charge is 0.315 e. The maximum Gasteiger partial charge on any atom is 0.315 e. The number of hydrogen-bond donors (Lipinski definition) is 1. The van der Waals surface area contributed by atoms with Crippen molar-refractivity contribution in [3.8, 4) is 11.5 Å². The van der Waals surface area contributed by atoms with Gasteiger partial charge in [0.1, 0.15) is 0 Å². The lowest BCUT2D eigenvalue weighted by Gasteiger charge is -2.13. The molecule has 0 saturated carbocycles. The van der Waals surface area contributed by atoms with E-state index < -0.39 is 16.4 Å². The molecule has 7 nitrogen and oxygen atoms in total. The van der Waals surface area contributed by atoms with Crippen molar-refractivity contribution in [2.75, 3.05) is 7.11 Å². The number of aryl methyl sites for hydroxylation is 1. The minimum Gasteiger partial charge on any atom is -0.500 e. The molecule has 0 bridgehead atoms. The molecule has 26 heavy (non-hydrogen) atoms. The second-order valence-electron chi connectivity index (χ2n) is 6.73. The van der Waals surface area contributed by atoms with Crippen LogP contribution in [0.25, 0.3) is 6.08 Å². The topological polar surface area (TPSA) is 103 Å². The van der Waals surface area contributed by atoms with Crippen molar-refractivity contribution in [2.24, 2.45) is 0 Å². The molecule has 8 heteroatoms. The molecular formula is C18H20N2O5S. The number of benzene rings is 1. The molecule has 0 atom stereocenters. The molecule has 0 fully saturated rings. The van der Waals surface area contributed by atoms with Crippen molar-refractivity contribution in [1.29, 1.82) is 0 Å². The van der Waals surface area contributed by atoms with Crippen molar-refractivity contribution in [3.05, 3.63) is 49.5 Å². The van der Waals surface area contributed by atoms with Crippen LogP contribution in [0.2, 0.25) is 0 Å². The third-order valence-electron chi connectivity index (χ3n) is 3.58. The maximum absolute atomic E-state index is 12.5. The number of carbonyl (C=O) groups excluding carboxylic acids is 1. The number of nitro groups is 1. The van der Waals surface area contributed by atoms with Crippen LogP contribution in [0.5, 0.6) is 11.5 Å². The lowest BCUT2D eigenvalue weighted by atomic mass is 9.98. The molecule has 2 aromatic rings. The van der Waals surface area contributed by atoms with Crippen LogP contribution in [-0.2, 0) is 5.41 Å². The quantitative estimate of drug-likeness (QED) is 0.362. The molecule has 138 valence electrons. The van der Waals surface area contributed by atoms with Crippen LogP contribution < -0.4 is 4.74 Å². The zero-order valence-corrected chi connectivity index (χ0v) is 16.0. The average Bonchev–Trinajstić information content (AvgIpc) is 2.95. The third kappa shape index (κ3) is 4.08. The number of aromatic hydroxyl groups is 1. The van der Waals surface area contributed by atoms with Crippen LogP contribution in [0.1, 0.15) is 46.7 Å². The molecule has 0 unspecified atom stereocenters. The first-order valence-corrected chi connectivity index (χ1v) is 8.62. The summed E-state index contributed by atoms with van der Waals surface area (Å²) in [6.45, 7) is 7.85. The van der Waals surface area contributed by atoms with Gasteiger partial charge in [0.05, 0.1) is 27.6 Å². The van der Waals surface area contributed by atoms with E-state index in [1.54, 1.807) is 6.92 Å². The lowest BCUT2D eigenvalue weighted by molar-refractivity contribution is -0.386. The third-order valence-corrected chi connectivity index (χ3v) is 5.18. The minimum absolute atomic E-state index is 0.0321. The van der Waals surface area contributed by atoms with Crippen LogP contribution in [0.4, 0.5) is 5.69 Å². The van der Waals surface area contributed by atoms with E-state index in [1.165, 1.54) is 42.7 Å². The van der Waals surface area contributed by atoms with Crippen LogP contribution in [0, 0.1) is 17.0 Å². The van der Waals surface area contributed by atoms with Gasteiger partial charge < -0.3 is 9.84 Å². The number of rotatable bonds is 5. The van der Waals surface area contributed by atoms with E-state index in [0.717, 1.165) is 5.01 Å². The number of carbonyl (C=O) groups is 1. The Hall–Kier alpha value is -2.74. The number of methoxy groups -OCH3 is 1. The van der Waals surface area contributed by atoms with Gasteiger partial charge in [0.25, 0.3) is 0 Å². The highest BCUT2D eigenvalue weighted by molar-refractivity contribution is 7.14. The number of nitrogens with zero attached hydrogens (tertiary/aromatic N) is 2. The maximum atomic E-state index is 12.5. The van der Waals surface area contributed by atoms with Crippen LogP contribution >= 0.6 is 11.3 Å². The first kappa shape index (κ1) is 19.6. The number of hydrogen-bond acceptors (Lipinski definition) is 7. The largest absolute Gasteiger partial charge is 0.500 e. The van der Waals surface area contributed by atoms with Gasteiger partial charge in [-0.2, -0.15) is 0 Å². The fourth-order valence-electron chi connectivity index (χ4n) is 2.20. The second-order valence-corrected chi connectivity index (χ2v) is 7.73. The predicted molar refractivity (Wildman–Crippen MR) is 100 cm³/mol. The monoisotopic (exact) mass is 376 g/mol. The average molecular weight is 376 g/mol. The highest BCUT2D eigenvalue weighted by atomic mass is 32.1. The number of thiazole rings is 1. The summed E-state index contributed by atoms with van der Waals surface area (Å²) < 4.78 is 4.95. The van der Waals surface area contributed by atoms with Crippen molar-refractivity contribution in [1.82, 2.24) is 4.98 Å². The summed E-state index contributed by atoms with van der Waals surface area (Å²) in [4.78, 5) is 27.8. The van der Waals surface area contributed by atoms with Crippen LogP contribution in [-0.4, -0.2) is 27.9 Å². The zero-order chi connectivity index (χ0) is 19.6. The van der Waals surface area contributed by atoms with E-state index in [1.807, 2.05) is 20.8 Å². The number of phenols is 1. The molecule has 0 amide bonds. The van der Waals surface area contributed by atoms with Gasteiger partial charge in [0.2, 0.25) is 5.75 Å². The fraction of sp³-hybridized carbons (Fsp3) is 0.333. The summed E-state index contributed by atoms with van der Waals surface area (Å²) in [5.74, 6) is -0.811. The Labute approximate surface area is 155 Å². The summed E-state index contributed by atoms with van der Waals surface area (Å²) in [6, 6.07) is 2.61. The summed E-state index contributed by atoms with van der Waals surface area (Å²) in [6.07, 6.45) is 2.79. The second kappa shape index (κ2) is 7.25. The predicted octanol–water partition coefficient (Wildman–Crippen LogP) is 4.27. The minimum atomic E-state index is -0.708. The molecule has 1 N–H and O–H groups in total. The number of ether oxygens (including phenoxy) is 1. The molecule has 0 spiro atoms. The highest BCUT2D eigenvalue weighted by Gasteiger charge is 2.22. The Balaban J connectivity index is 2.35. The van der Waals surface area contributed by atoms with E-state index in [2.05, 4.69) is 4.98 Å². The number of aromatic nitrogens is 1. The van der Waals surface area contributed by atoms with Crippen LogP contribution in [0.3, 0.4) is 0 Å². The van der Waals surface area contributed by atoms with Gasteiger partial charge in [-0.25, -0.2) is 4.98 Å². The number of phenolic OH excluding ortho intramolecular Hbond substituents is 1. The highest BCUT2D eigenvalue weighted by Crippen LogP contribution is 2.37. The Morgan fingerprint density at radius 2 is 2.04 bits per heavy atom. The molecule has 0 radical (unpaired) electrons. The van der Waals surface area contributed by atoms with Gasteiger partial charge in [0.15, 0.2) is 11.5 Å². The van der Waals surface area contributed by atoms with Gasteiger partial charge in [-0.3, -0.25) is 14.9 Å². The summed E-state index contributed by atoms with van der Waals surface area (Å²) in [7, 11) is 1.30. The SMILES string of the molecule is COc1cc(/C=C/C(=O)c2sc(C(C)(C)C)nc2C)cc([N+](=O)[O-])c1O. The summed E-state index contributed by atoms with van der Waals surface area (Å²) in [5, 5.41) is 21.7.